The van der Waals surface area contributed by atoms with E-state index in [2.05, 4.69) is 16.8 Å². The normalized spacial score (nSPS) is 11.1. The van der Waals surface area contributed by atoms with Crippen molar-refractivity contribution in [3.63, 3.8) is 0 Å². The van der Waals surface area contributed by atoms with Crippen molar-refractivity contribution in [3.8, 4) is 11.6 Å². The third kappa shape index (κ3) is 3.25. The number of carbonyl (C=O) groups excluding carboxylic acids is 1. The lowest BCUT2D eigenvalue weighted by molar-refractivity contribution is -0.384. The quantitative estimate of drug-likeness (QED) is 0.304. The van der Waals surface area contributed by atoms with E-state index in [1.165, 1.54) is 0 Å². The molecule has 0 radical (unpaired) electrons. The van der Waals surface area contributed by atoms with Gasteiger partial charge in [0.1, 0.15) is 5.75 Å². The molecule has 3 aromatic rings. The highest BCUT2D eigenvalue weighted by molar-refractivity contribution is 5.99. The molecular formula is C18H14N4O5. The molecule has 1 aromatic heterocycles. The van der Waals surface area contributed by atoms with Gasteiger partial charge in [-0.2, -0.15) is 0 Å². The number of rotatable bonds is 5. The highest BCUT2D eigenvalue weighted by Gasteiger charge is 2.18. The number of nitro groups is 1. The second-order valence-corrected chi connectivity index (χ2v) is 5.55. The number of aromatic nitrogens is 1. The number of carbonyl (C=O) groups is 1. The average Bonchev–Trinajstić information content (AvgIpc) is 2.92. The van der Waals surface area contributed by atoms with E-state index in [4.69, 9.17) is 0 Å². The summed E-state index contributed by atoms with van der Waals surface area (Å²) in [6, 6.07) is 10.0. The van der Waals surface area contributed by atoms with Crippen LogP contribution in [0.4, 0.5) is 11.4 Å². The van der Waals surface area contributed by atoms with Crippen molar-refractivity contribution in [1.29, 1.82) is 0 Å². The fourth-order valence-corrected chi connectivity index (χ4v) is 2.64. The number of benzene rings is 2. The Hall–Kier alpha value is -4.01. The van der Waals surface area contributed by atoms with Gasteiger partial charge in [-0.25, -0.2) is 0 Å². The number of aromatic hydroxyl groups is 2. The van der Waals surface area contributed by atoms with Gasteiger partial charge in [0.2, 0.25) is 5.88 Å². The minimum Gasteiger partial charge on any atom is -0.507 e. The van der Waals surface area contributed by atoms with E-state index in [1.54, 1.807) is 34.9 Å². The van der Waals surface area contributed by atoms with Crippen LogP contribution in [0.2, 0.25) is 0 Å². The summed E-state index contributed by atoms with van der Waals surface area (Å²) in [6.45, 7) is 3.96. The maximum absolute atomic E-state index is 12.2. The van der Waals surface area contributed by atoms with E-state index in [1.807, 2.05) is 0 Å². The van der Waals surface area contributed by atoms with E-state index >= 15 is 0 Å². The fraction of sp³-hybridized carbons (Fsp3) is 0.0556. The van der Waals surface area contributed by atoms with Gasteiger partial charge in [-0.05, 0) is 12.1 Å². The van der Waals surface area contributed by atoms with Gasteiger partial charge in [0.05, 0.1) is 16.0 Å². The van der Waals surface area contributed by atoms with Crippen LogP contribution >= 0.6 is 0 Å². The minimum atomic E-state index is -0.976. The van der Waals surface area contributed by atoms with Gasteiger partial charge in [0, 0.05) is 24.1 Å². The van der Waals surface area contributed by atoms with Crippen LogP contribution in [0.15, 0.2) is 65.3 Å². The van der Waals surface area contributed by atoms with Crippen molar-refractivity contribution < 1.29 is 19.9 Å². The van der Waals surface area contributed by atoms with Gasteiger partial charge < -0.3 is 14.8 Å². The molecule has 0 fully saturated rings. The molecule has 136 valence electrons. The molecule has 0 aliphatic carbocycles. The maximum Gasteiger partial charge on any atom is 0.299 e. The maximum atomic E-state index is 12.2. The number of phenols is 1. The number of hydrogen-bond donors (Lipinski definition) is 2. The number of fused-ring (bicyclic) bond motifs is 1. The van der Waals surface area contributed by atoms with Crippen molar-refractivity contribution in [2.75, 3.05) is 0 Å². The van der Waals surface area contributed by atoms with Crippen LogP contribution in [-0.2, 0) is 6.54 Å². The number of non-ortho nitro benzene ring substituents is 1. The molecule has 1 amide bonds. The predicted octanol–water partition coefficient (Wildman–Crippen LogP) is 4.07. The molecule has 2 aromatic carbocycles. The smallest absolute Gasteiger partial charge is 0.299 e. The number of phenolic OH excluding ortho intramolecular Hbond substituents is 1. The molecule has 0 bridgehead atoms. The van der Waals surface area contributed by atoms with Crippen LogP contribution in [0.5, 0.6) is 11.6 Å². The van der Waals surface area contributed by atoms with Gasteiger partial charge >= 0.3 is 0 Å². The molecule has 0 saturated heterocycles. The molecule has 0 aliphatic rings. The summed E-state index contributed by atoms with van der Waals surface area (Å²) in [5, 5.41) is 38.9. The zero-order valence-electron chi connectivity index (χ0n) is 13.9. The minimum absolute atomic E-state index is 0.0747. The van der Waals surface area contributed by atoms with Crippen LogP contribution < -0.4 is 0 Å². The van der Waals surface area contributed by atoms with Crippen molar-refractivity contribution in [2.24, 2.45) is 10.2 Å². The molecule has 27 heavy (non-hydrogen) atoms. The topological polar surface area (TPSA) is 130 Å². The molecule has 0 unspecified atom stereocenters. The van der Waals surface area contributed by atoms with Gasteiger partial charge in [-0.1, -0.05) is 24.3 Å². The van der Waals surface area contributed by atoms with E-state index in [0.29, 0.717) is 17.4 Å². The molecule has 2 N–H and O–H groups in total. The summed E-state index contributed by atoms with van der Waals surface area (Å²) in [7, 11) is 0. The van der Waals surface area contributed by atoms with Crippen molar-refractivity contribution in [1.82, 2.24) is 4.57 Å². The number of nitrogens with zero attached hydrogens (tertiary/aromatic N) is 4. The summed E-state index contributed by atoms with van der Waals surface area (Å²) in [4.78, 5) is 22.4. The van der Waals surface area contributed by atoms with Crippen molar-refractivity contribution >= 4 is 28.2 Å². The lowest BCUT2D eigenvalue weighted by atomic mass is 10.1. The molecule has 3 rings (SSSR count). The molecule has 0 aliphatic heterocycles. The first-order chi connectivity index (χ1) is 12.9. The predicted molar refractivity (Wildman–Crippen MR) is 97.4 cm³/mol. The van der Waals surface area contributed by atoms with E-state index in [-0.39, 0.29) is 22.8 Å². The largest absolute Gasteiger partial charge is 0.507 e. The zero-order chi connectivity index (χ0) is 19.6. The number of para-hydroxylation sites is 1. The van der Waals surface area contributed by atoms with Gasteiger partial charge in [0.15, 0.2) is 5.69 Å². The Morgan fingerprint density at radius 3 is 2.70 bits per heavy atom. The van der Waals surface area contributed by atoms with Crippen LogP contribution in [0, 0.1) is 10.1 Å². The summed E-state index contributed by atoms with van der Waals surface area (Å²) in [5.74, 6) is -1.63. The second-order valence-electron chi connectivity index (χ2n) is 5.55. The summed E-state index contributed by atoms with van der Waals surface area (Å²) >= 11 is 0. The Morgan fingerprint density at radius 1 is 1.26 bits per heavy atom. The SMILES string of the molecule is C=CCn1c(O)c(N=NC(=O)c2cc([N+](=O)[O-])ccc2O)c2ccccc21. The number of nitro benzene ring substituents is 1. The first-order valence-electron chi connectivity index (χ1n) is 7.78. The average molecular weight is 366 g/mol. The monoisotopic (exact) mass is 366 g/mol. The highest BCUT2D eigenvalue weighted by Crippen LogP contribution is 2.39. The molecule has 9 nitrogen and oxygen atoms in total. The Balaban J connectivity index is 2.03. The third-order valence-corrected chi connectivity index (χ3v) is 3.89. The molecule has 9 heteroatoms. The second kappa shape index (κ2) is 7.08. The Labute approximate surface area is 152 Å². The number of hydrogen-bond acceptors (Lipinski definition) is 6. The number of azo groups is 1. The highest BCUT2D eigenvalue weighted by atomic mass is 16.6. The van der Waals surface area contributed by atoms with E-state index in [0.717, 1.165) is 18.2 Å². The van der Waals surface area contributed by atoms with Crippen LogP contribution in [0.3, 0.4) is 0 Å². The van der Waals surface area contributed by atoms with Crippen LogP contribution in [0.25, 0.3) is 10.9 Å². The third-order valence-electron chi connectivity index (χ3n) is 3.89. The molecule has 0 saturated carbocycles. The molecule has 1 heterocycles. The number of amides is 1. The number of allylic oxidation sites excluding steroid dienone is 1. The first-order valence-corrected chi connectivity index (χ1v) is 7.78. The van der Waals surface area contributed by atoms with Gasteiger partial charge in [0.25, 0.3) is 11.6 Å². The lowest BCUT2D eigenvalue weighted by Crippen LogP contribution is -1.97. The van der Waals surface area contributed by atoms with Gasteiger partial charge in [-0.15, -0.1) is 16.8 Å². The van der Waals surface area contributed by atoms with E-state index < -0.39 is 16.6 Å². The fourth-order valence-electron chi connectivity index (χ4n) is 2.64. The summed E-state index contributed by atoms with van der Waals surface area (Å²) < 4.78 is 1.55. The Kier molecular flexibility index (Phi) is 4.67. The van der Waals surface area contributed by atoms with Crippen molar-refractivity contribution in [2.45, 2.75) is 6.54 Å². The lowest BCUT2D eigenvalue weighted by Gasteiger charge is -2.01. The van der Waals surface area contributed by atoms with Crippen LogP contribution in [0.1, 0.15) is 10.4 Å². The molecule has 0 spiro atoms. The van der Waals surface area contributed by atoms with Crippen molar-refractivity contribution in [3.05, 3.63) is 70.8 Å². The molecule has 0 atom stereocenters. The standard InChI is InChI=1S/C18H14N4O5/c1-2-9-21-14-6-4-3-5-12(14)16(18(21)25)19-20-17(24)13-10-11(22(26)27)7-8-15(13)23/h2-8,10,23,25H,1,9H2. The Bertz CT molecular complexity index is 1100. The van der Waals surface area contributed by atoms with Gasteiger partial charge in [-0.3, -0.25) is 14.9 Å². The first kappa shape index (κ1) is 17.8. The Morgan fingerprint density at radius 2 is 2.00 bits per heavy atom. The summed E-state index contributed by atoms with van der Waals surface area (Å²) in [5.41, 5.74) is 0.0271. The van der Waals surface area contributed by atoms with E-state index in [9.17, 15) is 25.1 Å². The summed E-state index contributed by atoms with van der Waals surface area (Å²) in [6.07, 6.45) is 1.60. The zero-order valence-corrected chi connectivity index (χ0v) is 13.9. The van der Waals surface area contributed by atoms with Crippen LogP contribution in [-0.4, -0.2) is 25.6 Å². The molecular weight excluding hydrogens is 352 g/mol.